The maximum absolute atomic E-state index is 14.1. The predicted molar refractivity (Wildman–Crippen MR) is 550 cm³/mol. The molecule has 2 aromatic carbocycles. The fraction of sp³-hybridized carbons (Fsp3) is 0.796. The number of anilines is 2. The lowest BCUT2D eigenvalue weighted by molar-refractivity contribution is -0.151. The highest BCUT2D eigenvalue weighted by Crippen LogP contribution is 2.74. The fourth-order valence-electron chi connectivity index (χ4n) is 34.9. The maximum Gasteiger partial charge on any atom is 0.188 e. The van der Waals surface area contributed by atoms with Gasteiger partial charge in [-0.05, 0) is 440 Å². The van der Waals surface area contributed by atoms with Crippen LogP contribution < -0.4 is 23.4 Å². The van der Waals surface area contributed by atoms with E-state index < -0.39 is 63.0 Å². The number of nitrogen functional groups attached to an aromatic ring is 1. The number of nitrogens with two attached hydrogens (primary N) is 1. The number of benzene rings is 2. The second kappa shape index (κ2) is 42.9. The highest BCUT2D eigenvalue weighted by atomic mass is 80.9. The van der Waals surface area contributed by atoms with Crippen LogP contribution in [0.1, 0.15) is 336 Å². The highest BCUT2D eigenvalue weighted by Gasteiger charge is 2.68. The van der Waals surface area contributed by atoms with Crippen LogP contribution in [0.4, 0.5) is 37.7 Å². The number of aromatic nitrogens is 3. The first kappa shape index (κ1) is 114. The normalized spacial score (nSPS) is 43.6. The number of Topliss-reactive ketones (excluding diaryl/α,β-unsaturated/α-hetero) is 4. The molecule has 764 valence electrons. The molecule has 0 bridgehead atoms. The van der Waals surface area contributed by atoms with E-state index >= 15 is 0 Å². The van der Waals surface area contributed by atoms with E-state index in [1.54, 1.807) is 0 Å². The number of nitrogens with one attached hydrogen (secondary N) is 3. The van der Waals surface area contributed by atoms with Crippen LogP contribution in [0.3, 0.4) is 0 Å². The number of carbonyl (C=O) groups is 4. The zero-order valence-corrected chi connectivity index (χ0v) is 86.6. The number of alkyl halides is 1. The lowest BCUT2D eigenvalue weighted by Crippen LogP contribution is -2.55. The Labute approximate surface area is 835 Å². The van der Waals surface area contributed by atoms with Gasteiger partial charge in [-0.2, -0.15) is 17.6 Å². The molecule has 32 atom stereocenters. The van der Waals surface area contributed by atoms with Crippen molar-refractivity contribution in [3.05, 3.63) is 71.3 Å². The molecule has 16 fully saturated rings. The van der Waals surface area contributed by atoms with Crippen molar-refractivity contribution >= 4 is 117 Å². The second-order valence-corrected chi connectivity index (χ2v) is 49.3. The number of aliphatic hydroxyl groups is 4. The summed E-state index contributed by atoms with van der Waals surface area (Å²) in [5.74, 6) is 6.56. The minimum absolute atomic E-state index is 0. The van der Waals surface area contributed by atoms with E-state index in [4.69, 9.17) is 24.3 Å². The van der Waals surface area contributed by atoms with Gasteiger partial charge in [0.25, 0.3) is 0 Å². The monoisotopic (exact) mass is 2090 g/mol. The Morgan fingerprint density at radius 2 is 0.765 bits per heavy atom. The summed E-state index contributed by atoms with van der Waals surface area (Å²) in [6.07, 6.45) is 42.4. The standard InChI is InChI=1S/C28H37F2N3O2.C28H40F2N2O2.C22H35BrO2.C22H36O2.C6H4F2N2.2CH4.B2H3.Br2.2H3N/c1-26(35)12-13-27(2)16(14-26)4-5-17-18-6-7-20(28(18,3)11-10-19(17)27)23(34)15-33-31-22-9-8-21(29)24(30)25(22)32-33;1-26(34)12-13-27(2)16(14-26)4-5-17-18-6-7-20(28(18,3)11-10-19(17)27)23(33)15-32-22-9-8-21(29)24(30)25(22)31;1-20(25)10-11-21(2)14(12-20)4-5-15-16-6-7-18(19(24)13-23)22(16,3)9-8-17(15)21;1-14(23)17-7-8-18-16-6-5-15-13-20(2,24)11-12-21(15,3)19(16)9-10-22(17,18)4;7-3-1-2-4(9)6(10)5(3)8;;;2*1-2;;/h8-9,16-20,35H,4-7,10-15H2,1-3H3;8-9,16-20,32,34H,4-7,10-15,31H2,1-3H3;14-18,25H,4-13H2,1-3H3;15-19,24H,5-13H2,1-4H3;1-2,9-10H;2*1H4;1H3;;2*1H3/q;;;;;;;-1;;;/t2*16-,17-,18-,19-,20+,26+,27-,28-;14-,15-,16-,17-,18+,20+,21-,22-;15-,16-,17+,18-,19-,20+,21-,22+;;;;;;;/m0000......./s1. The molecule has 0 spiro atoms. The molecule has 17 aliphatic rings. The SMILES string of the molecule is BrBr.C.C.CC(=O)[C@H]1CC[C@H]2[C@@H]3CC[C@H]4C[C@](C)(O)CC[C@]4(C)[C@H]3CC[C@]12C.C[C@@]1(O)CC[C@@]2(C)[C@@H](CC[C@@H]3[C@@H]2CC[C@]2(C)[C@@H](C(=O)CBr)CC[C@@H]32)C1.C[C@@]1(O)CC[C@@]2(C)[C@@H](CC[C@@H]3[C@@H]2CC[C@]2(C)[C@@H](C(=O)CNc4ccc(F)c(F)c4N)CC[C@@H]32)C1.C[C@@]1(O)CC[C@@]2(C)[C@@H](CC[C@@H]3[C@@H]2CC[C@]2(C)[C@@H](C(=O)Cn4nc5ccc(F)c(F)c5n4)CC[C@@H]32)C1.N.N.N=C1C=CC(F)=C(F)C1=N.[B][BH3-]. The average molecular weight is 2100 g/mol. The van der Waals surface area contributed by atoms with Gasteiger partial charge in [0.05, 0.1) is 51.4 Å². The first-order valence-electron chi connectivity index (χ1n) is 50.2. The molecular formula is C108H169B2Br3F6N9O8-. The molecule has 3 aromatic rings. The van der Waals surface area contributed by atoms with Gasteiger partial charge in [-0.3, -0.25) is 30.0 Å². The molecule has 28 heteroatoms. The molecular weight excluding hydrogens is 1930 g/mol. The summed E-state index contributed by atoms with van der Waals surface area (Å²) in [4.78, 5) is 52.9. The molecule has 0 aliphatic heterocycles. The number of hydrogen-bond acceptors (Lipinski definition) is 16. The lowest BCUT2D eigenvalue weighted by atomic mass is 9.44. The molecule has 16 saturated carbocycles. The molecule has 0 amide bonds. The first-order valence-corrected chi connectivity index (χ1v) is 55.1. The van der Waals surface area contributed by atoms with Gasteiger partial charge in [-0.1, -0.05) is 93.9 Å². The first-order chi connectivity index (χ1) is 62.0. The smallest absolute Gasteiger partial charge is 0.188 e. The van der Waals surface area contributed by atoms with Crippen molar-refractivity contribution in [3.8, 4) is 0 Å². The van der Waals surface area contributed by atoms with Crippen molar-refractivity contribution in [1.82, 2.24) is 27.3 Å². The fourth-order valence-corrected chi connectivity index (χ4v) is 35.3. The summed E-state index contributed by atoms with van der Waals surface area (Å²) in [5, 5.41) is 68.1. The molecule has 17 aliphatic carbocycles. The van der Waals surface area contributed by atoms with E-state index in [0.29, 0.717) is 104 Å². The Hall–Kier alpha value is -4.15. The van der Waals surface area contributed by atoms with Crippen molar-refractivity contribution in [3.63, 3.8) is 0 Å². The second-order valence-electron chi connectivity index (χ2n) is 48.7. The molecule has 1 heterocycles. The highest BCUT2D eigenvalue weighted by molar-refractivity contribution is 9.93. The van der Waals surface area contributed by atoms with Gasteiger partial charge >= 0.3 is 0 Å². The number of hydrogen-bond donors (Lipinski definition) is 10. The summed E-state index contributed by atoms with van der Waals surface area (Å²) >= 11 is 8.93. The van der Waals surface area contributed by atoms with Crippen molar-refractivity contribution in [2.75, 3.05) is 22.9 Å². The summed E-state index contributed by atoms with van der Waals surface area (Å²) in [6, 6.07) is 4.87. The van der Waals surface area contributed by atoms with Gasteiger partial charge in [0, 0.05) is 51.9 Å². The van der Waals surface area contributed by atoms with Crippen molar-refractivity contribution < 1.29 is 65.9 Å². The zero-order chi connectivity index (χ0) is 96.3. The third kappa shape index (κ3) is 20.8. The van der Waals surface area contributed by atoms with Crippen LogP contribution in [-0.2, 0) is 25.7 Å². The van der Waals surface area contributed by atoms with E-state index in [1.807, 2.05) is 34.6 Å². The van der Waals surface area contributed by atoms with Crippen LogP contribution >= 0.6 is 44.2 Å². The third-order valence-corrected chi connectivity index (χ3v) is 42.6. The Morgan fingerprint density at radius 3 is 1.12 bits per heavy atom. The summed E-state index contributed by atoms with van der Waals surface area (Å²) in [6.45, 7) is 29.6. The van der Waals surface area contributed by atoms with Crippen molar-refractivity contribution in [2.24, 2.45) is 162 Å². The maximum atomic E-state index is 14.1. The van der Waals surface area contributed by atoms with E-state index in [9.17, 15) is 65.9 Å². The van der Waals surface area contributed by atoms with Crippen LogP contribution in [0.2, 0.25) is 0 Å². The molecule has 2 radical (unpaired) electrons. The minimum atomic E-state index is -1.26. The third-order valence-electron chi connectivity index (χ3n) is 42.1. The van der Waals surface area contributed by atoms with Crippen molar-refractivity contribution in [1.29, 1.82) is 10.8 Å². The Balaban J connectivity index is 0.000000179. The predicted octanol–water partition coefficient (Wildman–Crippen LogP) is 25.4. The van der Waals surface area contributed by atoms with Gasteiger partial charge < -0.3 is 43.8 Å². The number of rotatable bonds is 10. The number of nitrogens with zero attached hydrogens (tertiary/aromatic N) is 3. The Kier molecular flexibility index (Phi) is 35.9. The molecule has 17 nitrogen and oxygen atoms in total. The van der Waals surface area contributed by atoms with E-state index in [1.165, 1.54) is 126 Å². The van der Waals surface area contributed by atoms with Crippen LogP contribution in [0, 0.1) is 196 Å². The molecule has 1 aromatic heterocycles. The summed E-state index contributed by atoms with van der Waals surface area (Å²) < 4.78 is 79.3. The van der Waals surface area contributed by atoms with Gasteiger partial charge in [0.15, 0.2) is 52.0 Å². The lowest BCUT2D eigenvalue weighted by Gasteiger charge is -2.61. The topological polar surface area (TPSA) is 336 Å². The van der Waals surface area contributed by atoms with E-state index in [-0.39, 0.29) is 127 Å². The number of carbonyl (C=O) groups excluding carboxylic acids is 4. The van der Waals surface area contributed by atoms with Crippen molar-refractivity contribution in [2.45, 2.75) is 365 Å². The number of halogens is 9. The molecule has 136 heavy (non-hydrogen) atoms. The quantitative estimate of drug-likeness (QED) is 0.0297. The summed E-state index contributed by atoms with van der Waals surface area (Å²) in [5.41, 5.74) is 4.88. The van der Waals surface area contributed by atoms with Crippen LogP contribution in [0.5, 0.6) is 0 Å². The van der Waals surface area contributed by atoms with E-state index in [0.717, 1.165) is 182 Å². The van der Waals surface area contributed by atoms with Gasteiger partial charge in [0.2, 0.25) is 0 Å². The number of allylic oxidation sites excluding steroid dienone is 4. The molecule has 0 unspecified atom stereocenters. The van der Waals surface area contributed by atoms with Gasteiger partial charge in [-0.15, -0.1) is 5.10 Å². The van der Waals surface area contributed by atoms with Crippen LogP contribution in [0.25, 0.3) is 11.0 Å². The summed E-state index contributed by atoms with van der Waals surface area (Å²) in [7, 11) is 5.00. The van der Waals surface area contributed by atoms with Crippen LogP contribution in [-0.4, -0.2) is 120 Å². The molecule has 0 saturated heterocycles. The van der Waals surface area contributed by atoms with E-state index in [2.05, 4.69) is 115 Å². The van der Waals surface area contributed by atoms with Gasteiger partial charge in [0.1, 0.15) is 29.3 Å². The Bertz CT molecular complexity index is 4870. The average Bonchev–Trinajstić information content (AvgIpc) is 1.38. The molecule has 20 rings (SSSR count). The number of ketones is 4. The molecule has 15 N–H and O–H groups in total. The largest absolute Gasteiger partial charge is 0.395 e. The van der Waals surface area contributed by atoms with Gasteiger partial charge in [-0.25, -0.2) is 26.3 Å². The Morgan fingerprint density at radius 1 is 0.441 bits per heavy atom. The number of fused-ring (bicyclic) bond motifs is 21. The minimum Gasteiger partial charge on any atom is -0.395 e. The zero-order valence-electron chi connectivity index (χ0n) is 81.8. The van der Waals surface area contributed by atoms with Crippen LogP contribution in [0.15, 0.2) is 48.1 Å².